The van der Waals surface area contributed by atoms with Crippen LogP contribution in [0.15, 0.2) is 68.5 Å². The number of hydrogen-bond acceptors (Lipinski definition) is 9. The number of esters is 1. The van der Waals surface area contributed by atoms with Crippen LogP contribution in [0.25, 0.3) is 11.0 Å². The molecule has 0 saturated heterocycles. The largest absolute Gasteiger partial charge is 0.497 e. The molecular formula is C23H19NO8. The maximum absolute atomic E-state index is 12.7. The fourth-order valence-electron chi connectivity index (χ4n) is 2.91. The minimum absolute atomic E-state index is 0.0369. The van der Waals surface area contributed by atoms with Crippen molar-refractivity contribution < 1.29 is 32.7 Å². The lowest BCUT2D eigenvalue weighted by Gasteiger charge is -2.08. The first-order valence-corrected chi connectivity index (χ1v) is 9.63. The summed E-state index contributed by atoms with van der Waals surface area (Å²) in [5.74, 6) is 1.81. The molecule has 9 heteroatoms. The second kappa shape index (κ2) is 9.25. The van der Waals surface area contributed by atoms with Crippen molar-refractivity contribution in [2.45, 2.75) is 12.8 Å². The van der Waals surface area contributed by atoms with E-state index in [1.54, 1.807) is 37.4 Å². The predicted molar refractivity (Wildman–Crippen MR) is 113 cm³/mol. The van der Waals surface area contributed by atoms with Crippen molar-refractivity contribution in [2.24, 2.45) is 0 Å². The van der Waals surface area contributed by atoms with Crippen LogP contribution < -0.4 is 24.4 Å². The quantitative estimate of drug-likeness (QED) is 0.297. The van der Waals surface area contributed by atoms with Gasteiger partial charge in [0, 0.05) is 18.6 Å². The van der Waals surface area contributed by atoms with E-state index >= 15 is 0 Å². The van der Waals surface area contributed by atoms with E-state index in [0.29, 0.717) is 34.9 Å². The van der Waals surface area contributed by atoms with Crippen molar-refractivity contribution in [3.05, 3.63) is 70.8 Å². The van der Waals surface area contributed by atoms with Crippen LogP contribution in [-0.2, 0) is 11.2 Å². The van der Waals surface area contributed by atoms with Crippen LogP contribution in [0.3, 0.4) is 0 Å². The van der Waals surface area contributed by atoms with Gasteiger partial charge in [0.1, 0.15) is 34.9 Å². The molecule has 9 nitrogen and oxygen atoms in total. The van der Waals surface area contributed by atoms with E-state index in [1.165, 1.54) is 31.6 Å². The van der Waals surface area contributed by atoms with E-state index in [4.69, 9.17) is 27.9 Å². The summed E-state index contributed by atoms with van der Waals surface area (Å²) in [6.45, 7) is 0. The van der Waals surface area contributed by atoms with Crippen LogP contribution in [0, 0.1) is 0 Å². The van der Waals surface area contributed by atoms with E-state index in [0.717, 1.165) is 0 Å². The highest BCUT2D eigenvalue weighted by Gasteiger charge is 2.13. The van der Waals surface area contributed by atoms with Crippen LogP contribution >= 0.6 is 0 Å². The molecule has 0 unspecified atom stereocenters. The van der Waals surface area contributed by atoms with E-state index in [-0.39, 0.29) is 28.9 Å². The summed E-state index contributed by atoms with van der Waals surface area (Å²) < 4.78 is 31.6. The first-order chi connectivity index (χ1) is 15.6. The second-order valence-corrected chi connectivity index (χ2v) is 6.67. The number of hydrogen-bond donors (Lipinski definition) is 0. The minimum Gasteiger partial charge on any atom is -0.497 e. The summed E-state index contributed by atoms with van der Waals surface area (Å²) in [5, 5.41) is 3.97. The van der Waals surface area contributed by atoms with Crippen LogP contribution in [0.5, 0.6) is 28.9 Å². The fraction of sp³-hybridized carbons (Fsp3) is 0.174. The van der Waals surface area contributed by atoms with Gasteiger partial charge in [-0.05, 0) is 41.6 Å². The molecule has 164 valence electrons. The van der Waals surface area contributed by atoms with Crippen molar-refractivity contribution in [1.82, 2.24) is 5.16 Å². The highest BCUT2D eigenvalue weighted by atomic mass is 16.5. The van der Waals surface area contributed by atoms with Gasteiger partial charge in [-0.1, -0.05) is 0 Å². The number of carbonyl (C=O) groups is 1. The summed E-state index contributed by atoms with van der Waals surface area (Å²) in [6.07, 6.45) is 1.61. The number of aryl methyl sites for hydroxylation is 1. The number of fused-ring (bicyclic) bond motifs is 1. The standard InChI is InChI=1S/C23H19NO8/c1-27-14-3-5-15(6-4-14)30-20-13-29-19-11-16(7-9-18(19)23(20)26)31-22(25)10-8-17-12-21(28-2)24-32-17/h3-7,9,11-13H,8,10H2,1-2H3. The van der Waals surface area contributed by atoms with Crippen molar-refractivity contribution in [3.63, 3.8) is 0 Å². The molecule has 0 aliphatic rings. The van der Waals surface area contributed by atoms with Crippen molar-refractivity contribution in [1.29, 1.82) is 0 Å². The summed E-state index contributed by atoms with van der Waals surface area (Å²) in [6, 6.07) is 12.9. The molecule has 0 aliphatic heterocycles. The first-order valence-electron chi connectivity index (χ1n) is 9.63. The van der Waals surface area contributed by atoms with Crippen LogP contribution in [0.1, 0.15) is 12.2 Å². The molecule has 0 saturated carbocycles. The molecule has 0 fully saturated rings. The SMILES string of the molecule is COc1ccc(Oc2coc3cc(OC(=O)CCc4cc(OC)no4)ccc3c2=O)cc1. The van der Waals surface area contributed by atoms with Crippen molar-refractivity contribution in [3.8, 4) is 28.9 Å². The molecule has 0 radical (unpaired) electrons. The van der Waals surface area contributed by atoms with Gasteiger partial charge in [0.15, 0.2) is 0 Å². The fourth-order valence-corrected chi connectivity index (χ4v) is 2.91. The van der Waals surface area contributed by atoms with E-state index in [1.807, 2.05) is 0 Å². The Morgan fingerprint density at radius 1 is 0.969 bits per heavy atom. The summed E-state index contributed by atoms with van der Waals surface area (Å²) >= 11 is 0. The number of ether oxygens (including phenoxy) is 4. The number of rotatable bonds is 8. The molecule has 32 heavy (non-hydrogen) atoms. The third-order valence-corrected chi connectivity index (χ3v) is 4.56. The number of carbonyl (C=O) groups excluding carboxylic acids is 1. The van der Waals surface area contributed by atoms with Gasteiger partial charge in [0.2, 0.25) is 11.2 Å². The molecule has 2 heterocycles. The van der Waals surface area contributed by atoms with E-state index in [2.05, 4.69) is 5.16 Å². The zero-order valence-corrected chi connectivity index (χ0v) is 17.3. The average molecular weight is 437 g/mol. The average Bonchev–Trinajstić information content (AvgIpc) is 3.28. The lowest BCUT2D eigenvalue weighted by atomic mass is 10.2. The van der Waals surface area contributed by atoms with Crippen LogP contribution in [0.2, 0.25) is 0 Å². The number of benzene rings is 2. The molecule has 0 bridgehead atoms. The predicted octanol–water partition coefficient (Wildman–Crippen LogP) is 4.13. The molecule has 0 spiro atoms. The molecule has 0 amide bonds. The van der Waals surface area contributed by atoms with E-state index in [9.17, 15) is 9.59 Å². The maximum Gasteiger partial charge on any atom is 0.311 e. The first kappa shape index (κ1) is 21.0. The van der Waals surface area contributed by atoms with Gasteiger partial charge >= 0.3 is 5.97 Å². The highest BCUT2D eigenvalue weighted by molar-refractivity contribution is 5.80. The molecule has 2 aromatic heterocycles. The Hall–Kier alpha value is -4.27. The van der Waals surface area contributed by atoms with Crippen LogP contribution in [0.4, 0.5) is 0 Å². The molecule has 0 aliphatic carbocycles. The zero-order chi connectivity index (χ0) is 22.5. The molecule has 0 atom stereocenters. The third-order valence-electron chi connectivity index (χ3n) is 4.56. The molecule has 4 aromatic rings. The molecule has 4 rings (SSSR count). The molecule has 0 N–H and O–H groups in total. The van der Waals surface area contributed by atoms with Crippen LogP contribution in [-0.4, -0.2) is 25.3 Å². The number of methoxy groups -OCH3 is 2. The smallest absolute Gasteiger partial charge is 0.311 e. The second-order valence-electron chi connectivity index (χ2n) is 6.67. The van der Waals surface area contributed by atoms with Gasteiger partial charge in [0.25, 0.3) is 5.88 Å². The van der Waals surface area contributed by atoms with E-state index < -0.39 is 5.97 Å². The summed E-state index contributed by atoms with van der Waals surface area (Å²) in [5.41, 5.74) is -0.0819. The Morgan fingerprint density at radius 3 is 2.44 bits per heavy atom. The Bertz CT molecular complexity index is 1290. The minimum atomic E-state index is -0.471. The summed E-state index contributed by atoms with van der Waals surface area (Å²) in [7, 11) is 3.04. The Morgan fingerprint density at radius 2 is 1.72 bits per heavy atom. The van der Waals surface area contributed by atoms with Gasteiger partial charge in [-0.2, -0.15) is 0 Å². The van der Waals surface area contributed by atoms with Gasteiger partial charge in [-0.25, -0.2) is 0 Å². The topological polar surface area (TPSA) is 110 Å². The van der Waals surface area contributed by atoms with Gasteiger partial charge < -0.3 is 27.9 Å². The molecule has 2 aromatic carbocycles. The third kappa shape index (κ3) is 4.72. The van der Waals surface area contributed by atoms with Crippen molar-refractivity contribution in [2.75, 3.05) is 14.2 Å². The number of aromatic nitrogens is 1. The van der Waals surface area contributed by atoms with Gasteiger partial charge in [0.05, 0.1) is 26.0 Å². The molecular weight excluding hydrogens is 418 g/mol. The van der Waals surface area contributed by atoms with Gasteiger partial charge in [-0.3, -0.25) is 9.59 Å². The lowest BCUT2D eigenvalue weighted by Crippen LogP contribution is -2.09. The highest BCUT2D eigenvalue weighted by Crippen LogP contribution is 2.25. The number of nitrogens with zero attached hydrogens (tertiary/aromatic N) is 1. The Balaban J connectivity index is 1.43. The Kier molecular flexibility index (Phi) is 6.07. The Labute approximate surface area is 182 Å². The summed E-state index contributed by atoms with van der Waals surface area (Å²) in [4.78, 5) is 24.9. The normalized spacial score (nSPS) is 10.7. The maximum atomic E-state index is 12.7. The van der Waals surface area contributed by atoms with Gasteiger partial charge in [-0.15, -0.1) is 0 Å². The van der Waals surface area contributed by atoms with Crippen molar-refractivity contribution >= 4 is 16.9 Å². The lowest BCUT2D eigenvalue weighted by molar-refractivity contribution is -0.134. The monoisotopic (exact) mass is 437 g/mol. The zero-order valence-electron chi connectivity index (χ0n) is 17.3.